The Kier molecular flexibility index (Phi) is 4.98. The SMILES string of the molecule is O=C1C2CC1CN(c1ccc3c(-c4nc(N[C@H]5CCCNC5)ncc4C(F)(F)F)c[nH]c3n1)C2. The van der Waals surface area contributed by atoms with Crippen LogP contribution in [0.2, 0.25) is 0 Å². The largest absolute Gasteiger partial charge is 0.419 e. The summed E-state index contributed by atoms with van der Waals surface area (Å²) in [5, 5.41) is 6.98. The fourth-order valence-corrected chi connectivity index (χ4v) is 5.26. The van der Waals surface area contributed by atoms with Crippen molar-refractivity contribution in [2.45, 2.75) is 31.5 Å². The molecule has 4 aliphatic rings. The number of nitrogens with zero attached hydrogens (tertiary/aromatic N) is 4. The first kappa shape index (κ1) is 21.3. The van der Waals surface area contributed by atoms with Gasteiger partial charge >= 0.3 is 6.18 Å². The van der Waals surface area contributed by atoms with Gasteiger partial charge in [-0.05, 0) is 37.9 Å². The van der Waals surface area contributed by atoms with Gasteiger partial charge in [0.1, 0.15) is 22.8 Å². The lowest BCUT2D eigenvalue weighted by Crippen LogP contribution is -2.56. The highest BCUT2D eigenvalue weighted by Crippen LogP contribution is 2.40. The van der Waals surface area contributed by atoms with E-state index in [2.05, 4.69) is 35.5 Å². The first-order chi connectivity index (χ1) is 16.4. The number of carbonyl (C=O) groups is 1. The summed E-state index contributed by atoms with van der Waals surface area (Å²) in [5.41, 5.74) is -0.264. The summed E-state index contributed by atoms with van der Waals surface area (Å²) in [6.45, 7) is 2.91. The Morgan fingerprint density at radius 1 is 1.15 bits per heavy atom. The van der Waals surface area contributed by atoms with E-state index in [1.807, 2.05) is 0 Å². The number of hydrogen-bond acceptors (Lipinski definition) is 7. The molecule has 11 heteroatoms. The molecule has 3 aromatic heterocycles. The number of ketones is 1. The lowest BCUT2D eigenvalue weighted by Gasteiger charge is -2.45. The van der Waals surface area contributed by atoms with Crippen molar-refractivity contribution in [2.24, 2.45) is 11.8 Å². The Labute approximate surface area is 193 Å². The Balaban J connectivity index is 1.34. The molecule has 1 aliphatic carbocycles. The van der Waals surface area contributed by atoms with Crippen molar-refractivity contribution in [2.75, 3.05) is 36.4 Å². The number of piperidine rings is 3. The van der Waals surface area contributed by atoms with E-state index in [0.717, 1.165) is 32.0 Å². The number of alkyl halides is 3. The average molecular weight is 471 g/mol. The van der Waals surface area contributed by atoms with Crippen molar-refractivity contribution in [3.63, 3.8) is 0 Å². The first-order valence-corrected chi connectivity index (χ1v) is 11.6. The molecule has 3 aliphatic heterocycles. The zero-order chi connectivity index (χ0) is 23.4. The second kappa shape index (κ2) is 7.93. The molecule has 1 saturated carbocycles. The van der Waals surface area contributed by atoms with Crippen molar-refractivity contribution in [1.29, 1.82) is 0 Å². The number of pyridine rings is 1. The molecule has 0 amide bonds. The molecule has 8 nitrogen and oxygen atoms in total. The molecule has 178 valence electrons. The van der Waals surface area contributed by atoms with Crippen molar-refractivity contribution < 1.29 is 18.0 Å². The van der Waals surface area contributed by atoms with Gasteiger partial charge in [0, 0.05) is 60.9 Å². The third-order valence-electron chi connectivity index (χ3n) is 7.08. The molecule has 0 aromatic carbocycles. The number of aromatic amines is 1. The average Bonchev–Trinajstić information content (AvgIpc) is 3.27. The van der Waals surface area contributed by atoms with Crippen molar-refractivity contribution in [3.05, 3.63) is 30.1 Å². The maximum atomic E-state index is 13.8. The van der Waals surface area contributed by atoms with Crippen LogP contribution in [0.5, 0.6) is 0 Å². The van der Waals surface area contributed by atoms with E-state index < -0.39 is 11.7 Å². The van der Waals surface area contributed by atoms with Gasteiger partial charge in [0.2, 0.25) is 5.95 Å². The molecule has 34 heavy (non-hydrogen) atoms. The highest BCUT2D eigenvalue weighted by Gasteiger charge is 2.45. The van der Waals surface area contributed by atoms with Gasteiger partial charge in [-0.1, -0.05) is 0 Å². The van der Waals surface area contributed by atoms with E-state index in [-0.39, 0.29) is 29.5 Å². The van der Waals surface area contributed by atoms with Crippen LogP contribution in [0.25, 0.3) is 22.3 Å². The maximum Gasteiger partial charge on any atom is 0.419 e. The molecule has 6 heterocycles. The van der Waals surface area contributed by atoms with Crippen molar-refractivity contribution in [1.82, 2.24) is 25.3 Å². The van der Waals surface area contributed by atoms with Gasteiger partial charge in [-0.3, -0.25) is 4.79 Å². The topological polar surface area (TPSA) is 98.8 Å². The van der Waals surface area contributed by atoms with E-state index in [9.17, 15) is 18.0 Å². The number of rotatable bonds is 4. The second-order valence-electron chi connectivity index (χ2n) is 9.35. The number of fused-ring (bicyclic) bond motifs is 3. The summed E-state index contributed by atoms with van der Waals surface area (Å²) < 4.78 is 41.5. The van der Waals surface area contributed by atoms with Gasteiger partial charge in [-0.15, -0.1) is 0 Å². The number of carbonyl (C=O) groups excluding carboxylic acids is 1. The van der Waals surface area contributed by atoms with Gasteiger partial charge in [0.05, 0.1) is 5.69 Å². The summed E-state index contributed by atoms with van der Waals surface area (Å²) in [6.07, 6.45) is 0.579. The highest BCUT2D eigenvalue weighted by molar-refractivity contribution is 5.95. The number of hydrogen-bond donors (Lipinski definition) is 3. The Morgan fingerprint density at radius 3 is 2.68 bits per heavy atom. The second-order valence-corrected chi connectivity index (χ2v) is 9.35. The predicted molar refractivity (Wildman–Crippen MR) is 120 cm³/mol. The number of nitrogens with one attached hydrogen (secondary N) is 3. The fraction of sp³-hybridized carbons (Fsp3) is 0.478. The van der Waals surface area contributed by atoms with Crippen molar-refractivity contribution in [3.8, 4) is 11.3 Å². The molecule has 3 N–H and O–H groups in total. The molecular weight excluding hydrogens is 447 g/mol. The zero-order valence-corrected chi connectivity index (χ0v) is 18.3. The van der Waals surface area contributed by atoms with Crippen LogP contribution < -0.4 is 15.5 Å². The quantitative estimate of drug-likeness (QED) is 0.537. The van der Waals surface area contributed by atoms with Gasteiger partial charge in [0.15, 0.2) is 0 Å². The summed E-state index contributed by atoms with van der Waals surface area (Å²) in [4.78, 5) is 29.9. The summed E-state index contributed by atoms with van der Waals surface area (Å²) in [6, 6.07) is 3.63. The number of halogens is 3. The highest BCUT2D eigenvalue weighted by atomic mass is 19.4. The number of Topliss-reactive ketones (excluding diaryl/α,β-unsaturated/α-hetero) is 1. The minimum atomic E-state index is -4.60. The molecule has 3 saturated heterocycles. The lowest BCUT2D eigenvalue weighted by molar-refractivity contribution is -0.138. The van der Waals surface area contributed by atoms with Gasteiger partial charge in [0.25, 0.3) is 0 Å². The van der Waals surface area contributed by atoms with Crippen LogP contribution in [-0.4, -0.2) is 57.9 Å². The molecule has 0 radical (unpaired) electrons. The van der Waals surface area contributed by atoms with Crippen LogP contribution in [0.1, 0.15) is 24.8 Å². The third kappa shape index (κ3) is 3.67. The zero-order valence-electron chi connectivity index (χ0n) is 18.3. The Bertz CT molecular complexity index is 1240. The van der Waals surface area contributed by atoms with E-state index >= 15 is 0 Å². The Hall–Kier alpha value is -3.21. The Morgan fingerprint density at radius 2 is 1.97 bits per heavy atom. The van der Waals surface area contributed by atoms with E-state index in [4.69, 9.17) is 0 Å². The number of anilines is 2. The van der Waals surface area contributed by atoms with Gasteiger partial charge < -0.3 is 20.5 Å². The molecule has 0 spiro atoms. The van der Waals surface area contributed by atoms with Crippen LogP contribution in [0, 0.1) is 11.8 Å². The fourth-order valence-electron chi connectivity index (χ4n) is 5.26. The molecule has 2 unspecified atom stereocenters. The molecule has 3 aromatic rings. The normalized spacial score (nSPS) is 24.9. The molecule has 3 atom stereocenters. The van der Waals surface area contributed by atoms with Crippen LogP contribution in [0.3, 0.4) is 0 Å². The molecule has 4 fully saturated rings. The third-order valence-corrected chi connectivity index (χ3v) is 7.08. The van der Waals surface area contributed by atoms with Crippen LogP contribution in [0.4, 0.5) is 24.9 Å². The van der Waals surface area contributed by atoms with Crippen molar-refractivity contribution >= 4 is 28.6 Å². The first-order valence-electron chi connectivity index (χ1n) is 11.6. The smallest absolute Gasteiger partial charge is 0.355 e. The summed E-state index contributed by atoms with van der Waals surface area (Å²) >= 11 is 0. The lowest BCUT2D eigenvalue weighted by atomic mass is 9.70. The van der Waals surface area contributed by atoms with E-state index in [0.29, 0.717) is 47.8 Å². The van der Waals surface area contributed by atoms with Gasteiger partial charge in [-0.2, -0.15) is 13.2 Å². The number of aromatic nitrogens is 4. The van der Waals surface area contributed by atoms with Crippen LogP contribution in [-0.2, 0) is 11.0 Å². The van der Waals surface area contributed by atoms with Crippen LogP contribution >= 0.6 is 0 Å². The predicted octanol–water partition coefficient (Wildman–Crippen LogP) is 3.23. The summed E-state index contributed by atoms with van der Waals surface area (Å²) in [7, 11) is 0. The maximum absolute atomic E-state index is 13.8. The van der Waals surface area contributed by atoms with Crippen LogP contribution in [0.15, 0.2) is 24.5 Å². The summed E-state index contributed by atoms with van der Waals surface area (Å²) in [5.74, 6) is 1.35. The minimum Gasteiger partial charge on any atom is -0.355 e. The molecular formula is C23H24F3N7O. The van der Waals surface area contributed by atoms with Gasteiger partial charge in [-0.25, -0.2) is 15.0 Å². The molecule has 2 bridgehead atoms. The number of H-pyrrole nitrogens is 1. The minimum absolute atomic E-state index is 0.0631. The molecule has 7 rings (SSSR count). The standard InChI is InChI=1S/C23H24F3N7O/c24-23(25,26)17-9-29-22(30-14-2-1-5-27-7-14)32-19(17)16-8-28-21-15(16)3-4-18(31-21)33-10-12-6-13(11-33)20(12)34/h3-4,8-9,12-14,27H,1-2,5-7,10-11H2,(H,28,31)(H,29,30,32)/t12?,13?,14-/m0/s1. The monoisotopic (exact) mass is 471 g/mol. The van der Waals surface area contributed by atoms with E-state index in [1.54, 1.807) is 12.1 Å². The van der Waals surface area contributed by atoms with E-state index in [1.165, 1.54) is 6.20 Å².